The molecule has 0 saturated carbocycles. The molecule has 488 valence electrons. The van der Waals surface area contributed by atoms with E-state index in [4.69, 9.17) is 43.6 Å². The number of rotatable bonds is 4. The van der Waals surface area contributed by atoms with Gasteiger partial charge in [0.05, 0.1) is 31.8 Å². The molecule has 8 N–H and O–H groups in total. The Morgan fingerprint density at radius 2 is 0.701 bits per heavy atom. The number of ether oxygens (including phenoxy) is 4. The van der Waals surface area contributed by atoms with Gasteiger partial charge in [0.25, 0.3) is 0 Å². The minimum atomic E-state index is -2.62. The number of aliphatic hydroxyl groups is 2. The Morgan fingerprint density at radius 1 is 0.402 bits per heavy atom. The van der Waals surface area contributed by atoms with Crippen molar-refractivity contribution in [1.82, 2.24) is 0 Å². The Kier molecular flexibility index (Phi) is 20.2. The molecule has 4 aromatic rings. The zero-order valence-electron chi connectivity index (χ0n) is 58.6. The van der Waals surface area contributed by atoms with Crippen LogP contribution in [0.2, 0.25) is 0 Å². The van der Waals surface area contributed by atoms with Crippen LogP contribution in [0.1, 0.15) is 289 Å². The van der Waals surface area contributed by atoms with E-state index in [0.717, 1.165) is 33.4 Å². The Bertz CT molecular complexity index is 3020. The van der Waals surface area contributed by atoms with Crippen LogP contribution in [-0.2, 0) is 86.5 Å². The molecule has 12 nitrogen and oxygen atoms in total. The first-order chi connectivity index (χ1) is 39.0. The van der Waals surface area contributed by atoms with Crippen LogP contribution < -0.4 is 0 Å². The quantitative estimate of drug-likeness (QED) is 0.0901. The van der Waals surface area contributed by atoms with Crippen LogP contribution in [0, 0.1) is 16.2 Å². The second-order valence-electron chi connectivity index (χ2n) is 35.4. The molecule has 2 fully saturated rings. The fourth-order valence-corrected chi connectivity index (χ4v) is 13.6. The number of aliphatic hydroxyl groups excluding tert-OH is 2. The lowest BCUT2D eigenvalue weighted by molar-refractivity contribution is -0.464. The molecule has 2 saturated heterocycles. The van der Waals surface area contributed by atoms with Crippen molar-refractivity contribution in [3.63, 3.8) is 0 Å². The molecule has 1 aliphatic carbocycles. The number of hydrogen-bond acceptors (Lipinski definition) is 12. The van der Waals surface area contributed by atoms with Gasteiger partial charge in [0.15, 0.2) is 6.29 Å². The van der Waals surface area contributed by atoms with Crippen LogP contribution >= 0.6 is 17.2 Å². The van der Waals surface area contributed by atoms with Gasteiger partial charge in [0.2, 0.25) is 5.79 Å². The summed E-state index contributed by atoms with van der Waals surface area (Å²) in [6.07, 6.45) is -0.135. The van der Waals surface area contributed by atoms with E-state index in [1.807, 2.05) is 13.8 Å². The fraction of sp³-hybridized carbons (Fsp3) is 0.671. The van der Waals surface area contributed by atoms with Crippen molar-refractivity contribution >= 4 is 17.2 Å². The molecule has 3 aliphatic heterocycles. The molecular formula is C73H114O12P2. The van der Waals surface area contributed by atoms with E-state index in [1.165, 1.54) is 55.6 Å². The molecular weight excluding hydrogens is 1130 g/mol. The summed E-state index contributed by atoms with van der Waals surface area (Å²) in [5.74, 6) is -1.61. The van der Waals surface area contributed by atoms with Crippen molar-refractivity contribution in [3.8, 4) is 0 Å². The molecule has 3 heterocycles. The Balaban J connectivity index is 0.00000142. The Hall–Kier alpha value is -2.74. The van der Waals surface area contributed by atoms with E-state index in [0.29, 0.717) is 12.8 Å². The van der Waals surface area contributed by atoms with Crippen LogP contribution in [0.3, 0.4) is 0 Å². The topological polar surface area (TPSA) is 199 Å². The second kappa shape index (κ2) is 24.0. The lowest BCUT2D eigenvalue weighted by Crippen LogP contribution is -2.72. The van der Waals surface area contributed by atoms with Gasteiger partial charge in [0.1, 0.15) is 11.7 Å². The SMILES string of the molecule is CC(C)(C)c1cc2c(c(C(C)(C)C)c1)C1OC(C(C)(C)CO)(OC3(c4c(cc(C(C)(C)C)cc4C(C)(C)C)Cc4cc(C(C)(C)C)cc(C(C)(C)C)c43)C13COC(C(C)(C)CO)OC3)c1c(cc(C(C)(C)C)cc1C(C)(C)C)C2.OP(O)O.OP(O)O. The molecule has 2 spiro atoms. The standard InChI is InChI=1S/C73H108O6.2H3O3P/c1-61(2,3)47-31-43-29-46-34-50(64(10,11)12)38-54(68(22,23)24)58(46)73(70(27,28)40-75)78-59(55(43)51(35-47)65(13,14)15)71(41-76-60(77-42-71)69(25,26)39-74)72(79-73)56-44(32-48(62(4,5)6)36-52(56)66(16,17)18)30-45-33-49(63(7,8)9)37-53(57(45)72)67(19,20)21;2*1-4(2)3/h31-38,59-60,74-75H,29-30,39-42H2,1-28H3;2*1-3H. The van der Waals surface area contributed by atoms with Crippen molar-refractivity contribution in [2.45, 2.75) is 274 Å². The Morgan fingerprint density at radius 3 is 1.01 bits per heavy atom. The highest BCUT2D eigenvalue weighted by Gasteiger charge is 2.75. The van der Waals surface area contributed by atoms with Crippen molar-refractivity contribution in [2.75, 3.05) is 26.4 Å². The van der Waals surface area contributed by atoms with Gasteiger partial charge in [-0.3, -0.25) is 0 Å². The van der Waals surface area contributed by atoms with E-state index >= 15 is 0 Å². The largest absolute Gasteiger partial charge is 0.396 e. The molecule has 2 unspecified atom stereocenters. The van der Waals surface area contributed by atoms with Gasteiger partial charge in [-0.15, -0.1) is 0 Å². The summed E-state index contributed by atoms with van der Waals surface area (Å²) >= 11 is 0. The lowest BCUT2D eigenvalue weighted by Gasteiger charge is -2.69. The van der Waals surface area contributed by atoms with Crippen LogP contribution in [0.25, 0.3) is 0 Å². The Labute approximate surface area is 527 Å². The molecule has 4 aromatic carbocycles. The molecule has 87 heavy (non-hydrogen) atoms. The summed E-state index contributed by atoms with van der Waals surface area (Å²) in [6, 6.07) is 20.0. The van der Waals surface area contributed by atoms with Gasteiger partial charge in [-0.2, -0.15) is 0 Å². The summed E-state index contributed by atoms with van der Waals surface area (Å²) in [5.41, 5.74) is 12.7. The van der Waals surface area contributed by atoms with E-state index in [9.17, 15) is 14.9 Å². The first-order valence-electron chi connectivity index (χ1n) is 31.3. The molecule has 2 atom stereocenters. The molecule has 4 aliphatic rings. The highest BCUT2D eigenvalue weighted by atomic mass is 31.2. The maximum absolute atomic E-state index is 12.6. The van der Waals surface area contributed by atoms with Crippen molar-refractivity contribution in [3.05, 3.63) is 138 Å². The second-order valence-corrected chi connectivity index (χ2v) is 36.4. The normalized spacial score (nSPS) is 21.9. The third-order valence-corrected chi connectivity index (χ3v) is 18.8. The fourth-order valence-electron chi connectivity index (χ4n) is 13.6. The van der Waals surface area contributed by atoms with Crippen LogP contribution in [0.15, 0.2) is 48.5 Å². The molecule has 0 amide bonds. The maximum atomic E-state index is 12.6. The number of hydrogen-bond donors (Lipinski definition) is 8. The van der Waals surface area contributed by atoms with E-state index in [1.54, 1.807) is 0 Å². The molecule has 14 heteroatoms. The minimum absolute atomic E-state index is 0.116. The zero-order chi connectivity index (χ0) is 66.8. The van der Waals surface area contributed by atoms with Crippen molar-refractivity contribution < 1.29 is 58.5 Å². The minimum Gasteiger partial charge on any atom is -0.396 e. The molecule has 0 radical (unpaired) electrons. The summed E-state index contributed by atoms with van der Waals surface area (Å²) in [5, 5.41) is 23.8. The summed E-state index contributed by atoms with van der Waals surface area (Å²) in [7, 11) is -5.24. The predicted octanol–water partition coefficient (Wildman–Crippen LogP) is 15.5. The average Bonchev–Trinajstić information content (AvgIpc) is 0.653. The van der Waals surface area contributed by atoms with E-state index in [-0.39, 0.29) is 53.5 Å². The van der Waals surface area contributed by atoms with Crippen molar-refractivity contribution in [2.24, 2.45) is 16.2 Å². The average molecular weight is 1250 g/mol. The van der Waals surface area contributed by atoms with Crippen LogP contribution in [-0.4, -0.2) is 72.3 Å². The van der Waals surface area contributed by atoms with Gasteiger partial charge in [-0.05, 0) is 140 Å². The first-order valence-corrected chi connectivity index (χ1v) is 33.7. The molecule has 2 bridgehead atoms. The maximum Gasteiger partial charge on any atom is 0.324 e. The summed E-state index contributed by atoms with van der Waals surface area (Å²) in [4.78, 5) is 43.4. The van der Waals surface area contributed by atoms with E-state index in [2.05, 4.69) is 229 Å². The lowest BCUT2D eigenvalue weighted by atomic mass is 9.51. The highest BCUT2D eigenvalue weighted by molar-refractivity contribution is 7.38. The van der Waals surface area contributed by atoms with Crippen molar-refractivity contribution in [1.29, 1.82) is 0 Å². The molecule has 8 rings (SSSR count). The van der Waals surface area contributed by atoms with Gasteiger partial charge >= 0.3 is 17.2 Å². The number of benzene rings is 4. The number of fused-ring (bicyclic) bond motifs is 12. The highest BCUT2D eigenvalue weighted by Crippen LogP contribution is 2.73. The van der Waals surface area contributed by atoms with Crippen LogP contribution in [0.4, 0.5) is 0 Å². The molecule has 0 aromatic heterocycles. The monoisotopic (exact) mass is 1240 g/mol. The van der Waals surface area contributed by atoms with Gasteiger partial charge < -0.3 is 58.5 Å². The summed E-state index contributed by atoms with van der Waals surface area (Å²) < 4.78 is 33.1. The van der Waals surface area contributed by atoms with E-state index < -0.39 is 73.5 Å². The third kappa shape index (κ3) is 14.0. The first kappa shape index (κ1) is 73.3. The smallest absolute Gasteiger partial charge is 0.324 e. The van der Waals surface area contributed by atoms with Crippen LogP contribution in [0.5, 0.6) is 0 Å². The predicted molar refractivity (Wildman–Crippen MR) is 355 cm³/mol. The third-order valence-electron chi connectivity index (χ3n) is 18.8. The zero-order valence-corrected chi connectivity index (χ0v) is 60.4. The van der Waals surface area contributed by atoms with Gasteiger partial charge in [0, 0.05) is 16.4 Å². The summed E-state index contributed by atoms with van der Waals surface area (Å²) in [6.45, 7) is 64.8. The van der Waals surface area contributed by atoms with Gasteiger partial charge in [-0.1, -0.05) is 242 Å². The van der Waals surface area contributed by atoms with Gasteiger partial charge in [-0.25, -0.2) is 0 Å².